The standard InChI is InChI=1S/C64H82N8.Mn/c1-5-9-13-17-35-68-39-21-25-50(46-68)61-59-34-33-56(67-59)44-55-30-29-53(65-55)43-54-31-32-57(66-54)45-60-62(51-26-22-40-69(47-51)36-18-14-10-6-2)63(52-27-23-41-70(48-52)37-19-15-11-7-3)64(61)72(60)58-28-24-42-71(49-58)38-20-16-12-8-4;/h21-34,39-45,65H,5-20,35-38,46-49H2,1-4H3;. The second-order valence-electron chi connectivity index (χ2n) is 20.8. The molecule has 0 amide bonds. The number of nitrogens with zero attached hydrogens (tertiary/aromatic N) is 7. The van der Waals surface area contributed by atoms with Gasteiger partial charge in [-0.25, -0.2) is 9.97 Å². The van der Waals surface area contributed by atoms with Gasteiger partial charge in [0.05, 0.1) is 40.4 Å². The molecule has 385 valence electrons. The van der Waals surface area contributed by atoms with Crippen LogP contribution in [0.2, 0.25) is 0 Å². The molecule has 9 heteroatoms. The van der Waals surface area contributed by atoms with Crippen molar-refractivity contribution in [3.05, 3.63) is 143 Å². The molecule has 1 radical (unpaired) electrons. The zero-order chi connectivity index (χ0) is 49.5. The number of aromatic nitrogens is 4. The first-order valence-corrected chi connectivity index (χ1v) is 28.2. The summed E-state index contributed by atoms with van der Waals surface area (Å²) in [5.41, 5.74) is 17.4. The molecule has 73 heavy (non-hydrogen) atoms. The van der Waals surface area contributed by atoms with Crippen LogP contribution in [0.5, 0.6) is 0 Å². The fraction of sp³-hybridized carbons (Fsp3) is 0.438. The van der Waals surface area contributed by atoms with Gasteiger partial charge < -0.3 is 29.2 Å². The molecule has 8 nitrogen and oxygen atoms in total. The van der Waals surface area contributed by atoms with Crippen LogP contribution in [0.1, 0.15) is 170 Å². The maximum atomic E-state index is 5.64. The summed E-state index contributed by atoms with van der Waals surface area (Å²) < 4.78 is 2.68. The molecular weight excluding hydrogens is 936 g/mol. The average molecular weight is 1020 g/mol. The van der Waals surface area contributed by atoms with E-state index in [9.17, 15) is 0 Å². The molecule has 0 aromatic carbocycles. The number of hydrogen-bond acceptors (Lipinski definition) is 6. The van der Waals surface area contributed by atoms with E-state index in [1.807, 2.05) is 0 Å². The summed E-state index contributed by atoms with van der Waals surface area (Å²) in [6, 6.07) is 11.1. The topological polar surface area (TPSA) is 59.5 Å². The number of unbranched alkanes of at least 4 members (excludes halogenated alkanes) is 12. The van der Waals surface area contributed by atoms with Crippen molar-refractivity contribution in [1.82, 2.24) is 39.1 Å². The maximum absolute atomic E-state index is 5.64. The molecule has 0 spiro atoms. The van der Waals surface area contributed by atoms with E-state index in [-0.39, 0.29) is 17.1 Å². The fourth-order valence-electron chi connectivity index (χ4n) is 11.2. The van der Waals surface area contributed by atoms with Gasteiger partial charge in [-0.15, -0.1) is 0 Å². The second-order valence-corrected chi connectivity index (χ2v) is 20.8. The van der Waals surface area contributed by atoms with Gasteiger partial charge in [0.25, 0.3) is 0 Å². The summed E-state index contributed by atoms with van der Waals surface area (Å²) in [4.78, 5) is 24.9. The second kappa shape index (κ2) is 27.0. The molecule has 9 heterocycles. The van der Waals surface area contributed by atoms with Crippen LogP contribution in [0.4, 0.5) is 0 Å². The van der Waals surface area contributed by atoms with Crippen LogP contribution in [0.3, 0.4) is 0 Å². The zero-order valence-corrected chi connectivity index (χ0v) is 45.8. The van der Waals surface area contributed by atoms with Crippen molar-refractivity contribution in [2.24, 2.45) is 0 Å². The largest absolute Gasteiger partial charge is 0.373 e. The van der Waals surface area contributed by atoms with E-state index in [2.05, 4.69) is 185 Å². The van der Waals surface area contributed by atoms with Crippen LogP contribution in [0.15, 0.2) is 104 Å². The Morgan fingerprint density at radius 1 is 0.438 bits per heavy atom. The number of fused-ring (bicyclic) bond motifs is 8. The molecule has 0 saturated carbocycles. The molecule has 0 atom stereocenters. The SMILES string of the molecule is CCCCCCN1C=CC=C(c2c(C3=CC=CN(CCCCCC)C3)c3c(C4=CC=CN(CCCCCC)C4)c4nc(cc5ccc(cc6nc(cc2n3C2=CC=CN(CCCCCC)C2)C=C6)[nH]5)C=C4)C1.[Mn]. The van der Waals surface area contributed by atoms with Gasteiger partial charge in [-0.1, -0.05) is 123 Å². The van der Waals surface area contributed by atoms with Crippen LogP contribution in [0.25, 0.3) is 68.8 Å². The molecule has 9 rings (SSSR count). The molecule has 0 saturated heterocycles. The number of nitrogens with one attached hydrogen (secondary N) is 1. The van der Waals surface area contributed by atoms with E-state index in [1.165, 1.54) is 153 Å². The summed E-state index contributed by atoms with van der Waals surface area (Å²) in [6.07, 6.45) is 56.8. The Labute approximate surface area is 448 Å². The third-order valence-corrected chi connectivity index (χ3v) is 15.0. The fourth-order valence-corrected chi connectivity index (χ4v) is 11.2. The van der Waals surface area contributed by atoms with Crippen LogP contribution in [0, 0.1) is 0 Å². The van der Waals surface area contributed by atoms with E-state index < -0.39 is 0 Å². The Kier molecular flexibility index (Phi) is 19.8. The van der Waals surface area contributed by atoms with E-state index in [0.717, 1.165) is 86.2 Å². The van der Waals surface area contributed by atoms with Gasteiger partial charge in [0.1, 0.15) is 0 Å². The predicted octanol–water partition coefficient (Wildman–Crippen LogP) is 15.8. The maximum Gasteiger partial charge on any atom is 0.0734 e. The molecule has 6 aliphatic heterocycles. The molecule has 8 bridgehead atoms. The first kappa shape index (κ1) is 53.5. The molecular formula is C64H82MnN8. The zero-order valence-electron chi connectivity index (χ0n) is 44.6. The molecule has 0 unspecified atom stereocenters. The Bertz CT molecular complexity index is 2850. The van der Waals surface area contributed by atoms with Crippen molar-refractivity contribution in [2.45, 2.75) is 130 Å². The smallest absolute Gasteiger partial charge is 0.0734 e. The van der Waals surface area contributed by atoms with Crippen molar-refractivity contribution in [2.75, 3.05) is 52.4 Å². The summed E-state index contributed by atoms with van der Waals surface area (Å²) in [6.45, 7) is 16.7. The van der Waals surface area contributed by atoms with Crippen molar-refractivity contribution in [3.8, 4) is 0 Å². The number of hydrogen-bond donors (Lipinski definition) is 1. The number of allylic oxidation sites excluding steroid dienone is 8. The third-order valence-electron chi connectivity index (χ3n) is 15.0. The third kappa shape index (κ3) is 13.7. The van der Waals surface area contributed by atoms with E-state index in [1.54, 1.807) is 0 Å². The van der Waals surface area contributed by atoms with Gasteiger partial charge >= 0.3 is 0 Å². The molecule has 1 N–H and O–H groups in total. The Morgan fingerprint density at radius 2 is 0.863 bits per heavy atom. The van der Waals surface area contributed by atoms with E-state index in [4.69, 9.17) is 9.97 Å². The first-order chi connectivity index (χ1) is 35.5. The van der Waals surface area contributed by atoms with Crippen LogP contribution in [-0.4, -0.2) is 91.5 Å². The number of H-pyrrole nitrogens is 1. The molecule has 3 aromatic heterocycles. The summed E-state index contributed by atoms with van der Waals surface area (Å²) in [5, 5.41) is 0. The van der Waals surface area contributed by atoms with Gasteiger partial charge in [-0.2, -0.15) is 0 Å². The van der Waals surface area contributed by atoms with Crippen molar-refractivity contribution in [1.29, 1.82) is 0 Å². The van der Waals surface area contributed by atoms with Crippen LogP contribution < -0.4 is 0 Å². The summed E-state index contributed by atoms with van der Waals surface area (Å²) in [7, 11) is 0. The Balaban J connectivity index is 0.00000711. The number of aromatic amines is 1. The summed E-state index contributed by atoms with van der Waals surface area (Å²) in [5.74, 6) is 0. The van der Waals surface area contributed by atoms with Crippen LogP contribution >= 0.6 is 0 Å². The van der Waals surface area contributed by atoms with Gasteiger partial charge in [0, 0.05) is 96.3 Å². The van der Waals surface area contributed by atoms with Crippen LogP contribution in [-0.2, 0) is 17.1 Å². The van der Waals surface area contributed by atoms with Crippen molar-refractivity contribution >= 4 is 68.8 Å². The minimum atomic E-state index is 0. The first-order valence-electron chi connectivity index (χ1n) is 28.2. The van der Waals surface area contributed by atoms with Gasteiger partial charge in [-0.3, -0.25) is 0 Å². The minimum absolute atomic E-state index is 0. The van der Waals surface area contributed by atoms with Gasteiger partial charge in [0.2, 0.25) is 0 Å². The molecule has 0 fully saturated rings. The Morgan fingerprint density at radius 3 is 1.37 bits per heavy atom. The number of rotatable bonds is 24. The van der Waals surface area contributed by atoms with Crippen molar-refractivity contribution < 1.29 is 17.1 Å². The van der Waals surface area contributed by atoms with E-state index in [0.29, 0.717) is 0 Å². The average Bonchev–Trinajstić information content (AvgIpc) is 4.23. The van der Waals surface area contributed by atoms with Crippen molar-refractivity contribution in [3.63, 3.8) is 0 Å². The van der Waals surface area contributed by atoms with Gasteiger partial charge in [-0.05, 0) is 152 Å². The quantitative estimate of drug-likeness (QED) is 0.0491. The Hall–Kier alpha value is -5.76. The normalized spacial score (nSPS) is 16.1. The molecule has 6 aliphatic rings. The predicted molar refractivity (Wildman–Crippen MR) is 310 cm³/mol. The summed E-state index contributed by atoms with van der Waals surface area (Å²) >= 11 is 0. The molecule has 3 aromatic rings. The minimum Gasteiger partial charge on any atom is -0.373 e. The molecule has 0 aliphatic carbocycles. The van der Waals surface area contributed by atoms with Gasteiger partial charge in [0.15, 0.2) is 0 Å². The monoisotopic (exact) mass is 1020 g/mol. The van der Waals surface area contributed by atoms with E-state index >= 15 is 0 Å².